The van der Waals surface area contributed by atoms with Crippen molar-refractivity contribution >= 4 is 15.9 Å². The second kappa shape index (κ2) is 8.42. The van der Waals surface area contributed by atoms with Crippen molar-refractivity contribution in [2.45, 2.75) is 19.4 Å². The smallest absolute Gasteiger partial charge is 0.253 e. The zero-order chi connectivity index (χ0) is 18.4. The van der Waals surface area contributed by atoms with Gasteiger partial charge in [0.05, 0.1) is 18.0 Å². The summed E-state index contributed by atoms with van der Waals surface area (Å²) in [7, 11) is -3.42. The number of hydrogen-bond acceptors (Lipinski definition) is 4. The highest BCUT2D eigenvalue weighted by Gasteiger charge is 2.28. The van der Waals surface area contributed by atoms with Crippen LogP contribution in [0.4, 0.5) is 0 Å². The summed E-state index contributed by atoms with van der Waals surface area (Å²) in [4.78, 5) is 18.5. The van der Waals surface area contributed by atoms with E-state index < -0.39 is 10.0 Å². The lowest BCUT2D eigenvalue weighted by Crippen LogP contribution is -2.43. The number of carbonyl (C=O) groups excluding carboxylic acids is 1. The van der Waals surface area contributed by atoms with E-state index in [1.54, 1.807) is 35.4 Å². The van der Waals surface area contributed by atoms with Crippen molar-refractivity contribution < 1.29 is 13.2 Å². The van der Waals surface area contributed by atoms with Crippen LogP contribution in [0.2, 0.25) is 0 Å². The van der Waals surface area contributed by atoms with Gasteiger partial charge >= 0.3 is 0 Å². The maximum absolute atomic E-state index is 12.6. The normalized spacial score (nSPS) is 17.8. The van der Waals surface area contributed by atoms with E-state index in [2.05, 4.69) is 9.71 Å². The number of nitrogens with zero attached hydrogens (tertiary/aromatic N) is 2. The number of hydrogen-bond donors (Lipinski definition) is 1. The van der Waals surface area contributed by atoms with Gasteiger partial charge < -0.3 is 4.90 Å². The highest BCUT2D eigenvalue weighted by atomic mass is 32.2. The molecule has 0 saturated carbocycles. The van der Waals surface area contributed by atoms with E-state index in [9.17, 15) is 13.2 Å². The Morgan fingerprint density at radius 2 is 1.92 bits per heavy atom. The Morgan fingerprint density at radius 1 is 1.15 bits per heavy atom. The van der Waals surface area contributed by atoms with Crippen molar-refractivity contribution in [2.24, 2.45) is 5.92 Å². The molecule has 1 aliphatic heterocycles. The molecule has 6 nitrogen and oxygen atoms in total. The monoisotopic (exact) mass is 373 g/mol. The molecule has 7 heteroatoms. The lowest BCUT2D eigenvalue weighted by Gasteiger charge is -2.32. The minimum Gasteiger partial charge on any atom is -0.338 e. The van der Waals surface area contributed by atoms with Crippen LogP contribution in [-0.4, -0.2) is 43.1 Å². The van der Waals surface area contributed by atoms with Gasteiger partial charge in [-0.3, -0.25) is 9.78 Å². The van der Waals surface area contributed by atoms with E-state index >= 15 is 0 Å². The van der Waals surface area contributed by atoms with E-state index in [0.717, 1.165) is 12.8 Å². The molecule has 26 heavy (non-hydrogen) atoms. The molecule has 0 aliphatic carbocycles. The fourth-order valence-corrected chi connectivity index (χ4v) is 4.58. The SMILES string of the molecule is O=C(c1ccccc1)N1CCC[C@H](CS(=O)(=O)NCc2ccccn2)C1. The topological polar surface area (TPSA) is 79.4 Å². The molecular formula is C19H23N3O3S. The van der Waals surface area contributed by atoms with Crippen molar-refractivity contribution in [3.63, 3.8) is 0 Å². The largest absolute Gasteiger partial charge is 0.338 e. The maximum atomic E-state index is 12.6. The van der Waals surface area contributed by atoms with Crippen molar-refractivity contribution in [3.05, 3.63) is 66.0 Å². The molecule has 0 bridgehead atoms. The van der Waals surface area contributed by atoms with Crippen LogP contribution in [0, 0.1) is 5.92 Å². The van der Waals surface area contributed by atoms with Crippen molar-refractivity contribution in [2.75, 3.05) is 18.8 Å². The summed E-state index contributed by atoms with van der Waals surface area (Å²) in [5.74, 6) is -0.0647. The molecule has 1 aromatic carbocycles. The van der Waals surface area contributed by atoms with Gasteiger partial charge in [0.25, 0.3) is 5.91 Å². The number of benzene rings is 1. The number of carbonyl (C=O) groups is 1. The first kappa shape index (κ1) is 18.5. The number of piperidine rings is 1. The molecule has 2 heterocycles. The lowest BCUT2D eigenvalue weighted by molar-refractivity contribution is 0.0684. The van der Waals surface area contributed by atoms with E-state index in [4.69, 9.17) is 0 Å². The van der Waals surface area contributed by atoms with E-state index in [-0.39, 0.29) is 24.1 Å². The molecule has 0 unspecified atom stereocenters. The Balaban J connectivity index is 1.56. The van der Waals surface area contributed by atoms with Gasteiger partial charge in [0.15, 0.2) is 0 Å². The first-order valence-electron chi connectivity index (χ1n) is 8.75. The quantitative estimate of drug-likeness (QED) is 0.840. The zero-order valence-corrected chi connectivity index (χ0v) is 15.4. The lowest BCUT2D eigenvalue weighted by atomic mass is 9.99. The summed E-state index contributed by atoms with van der Waals surface area (Å²) in [5, 5.41) is 0. The molecule has 1 aliphatic rings. The fourth-order valence-electron chi connectivity index (χ4n) is 3.20. The Morgan fingerprint density at radius 3 is 2.65 bits per heavy atom. The van der Waals surface area contributed by atoms with Crippen LogP contribution in [0.3, 0.4) is 0 Å². The summed E-state index contributed by atoms with van der Waals surface area (Å²) >= 11 is 0. The number of pyridine rings is 1. The average Bonchev–Trinajstić information content (AvgIpc) is 2.67. The Bertz CT molecular complexity index is 826. The standard InChI is InChI=1S/C19H23N3O3S/c23-19(17-8-2-1-3-9-17)22-12-6-7-16(14-22)15-26(24,25)21-13-18-10-4-5-11-20-18/h1-5,8-11,16,21H,6-7,12-15H2/t16-/m0/s1. The van der Waals surface area contributed by atoms with Crippen LogP contribution in [0.25, 0.3) is 0 Å². The number of rotatable bonds is 6. The van der Waals surface area contributed by atoms with Gasteiger partial charge in [0, 0.05) is 24.8 Å². The van der Waals surface area contributed by atoms with E-state index in [1.807, 2.05) is 24.3 Å². The second-order valence-corrected chi connectivity index (χ2v) is 8.40. The molecule has 1 N–H and O–H groups in total. The number of sulfonamides is 1. The molecular weight excluding hydrogens is 350 g/mol. The predicted molar refractivity (Wildman–Crippen MR) is 99.9 cm³/mol. The first-order valence-corrected chi connectivity index (χ1v) is 10.4. The molecule has 1 aromatic heterocycles. The maximum Gasteiger partial charge on any atom is 0.253 e. The Labute approximate surface area is 154 Å². The highest BCUT2D eigenvalue weighted by molar-refractivity contribution is 7.89. The number of amides is 1. The third-order valence-corrected chi connectivity index (χ3v) is 5.98. The molecule has 2 aromatic rings. The second-order valence-electron chi connectivity index (χ2n) is 6.55. The first-order chi connectivity index (χ1) is 12.5. The molecule has 0 spiro atoms. The van der Waals surface area contributed by atoms with Gasteiger partial charge in [0.2, 0.25) is 10.0 Å². The third kappa shape index (κ3) is 5.12. The minimum absolute atomic E-state index is 0.0262. The van der Waals surface area contributed by atoms with Crippen LogP contribution in [-0.2, 0) is 16.6 Å². The minimum atomic E-state index is -3.42. The van der Waals surface area contributed by atoms with Crippen LogP contribution in [0.5, 0.6) is 0 Å². The highest BCUT2D eigenvalue weighted by Crippen LogP contribution is 2.20. The summed E-state index contributed by atoms with van der Waals surface area (Å²) < 4.78 is 27.4. The van der Waals surface area contributed by atoms with Crippen LogP contribution in [0.1, 0.15) is 28.9 Å². The Hall–Kier alpha value is -2.25. The summed E-state index contributed by atoms with van der Waals surface area (Å²) in [6, 6.07) is 14.5. The van der Waals surface area contributed by atoms with Crippen LogP contribution < -0.4 is 4.72 Å². The number of aromatic nitrogens is 1. The molecule has 1 saturated heterocycles. The molecule has 3 rings (SSSR count). The van der Waals surface area contributed by atoms with E-state index in [0.29, 0.717) is 24.3 Å². The van der Waals surface area contributed by atoms with E-state index in [1.165, 1.54) is 0 Å². The van der Waals surface area contributed by atoms with Crippen LogP contribution in [0.15, 0.2) is 54.7 Å². The van der Waals surface area contributed by atoms with Crippen molar-refractivity contribution in [1.82, 2.24) is 14.6 Å². The molecule has 0 radical (unpaired) electrons. The summed E-state index contributed by atoms with van der Waals surface area (Å²) in [5.41, 5.74) is 1.32. The van der Waals surface area contributed by atoms with Gasteiger partial charge in [0.1, 0.15) is 0 Å². The zero-order valence-electron chi connectivity index (χ0n) is 14.5. The molecule has 1 amide bonds. The summed E-state index contributed by atoms with van der Waals surface area (Å²) in [6.07, 6.45) is 3.26. The molecule has 1 fully saturated rings. The molecule has 138 valence electrons. The third-order valence-electron chi connectivity index (χ3n) is 4.48. The number of nitrogens with one attached hydrogen (secondary N) is 1. The van der Waals surface area contributed by atoms with Crippen molar-refractivity contribution in [1.29, 1.82) is 0 Å². The van der Waals surface area contributed by atoms with Crippen molar-refractivity contribution in [3.8, 4) is 0 Å². The number of likely N-dealkylation sites (tertiary alicyclic amines) is 1. The Kier molecular flexibility index (Phi) is 6.00. The average molecular weight is 373 g/mol. The van der Waals surface area contributed by atoms with Gasteiger partial charge in [-0.1, -0.05) is 24.3 Å². The predicted octanol–water partition coefficient (Wildman–Crippen LogP) is 2.05. The van der Waals surface area contributed by atoms with Gasteiger partial charge in [-0.25, -0.2) is 13.1 Å². The fraction of sp³-hybridized carbons (Fsp3) is 0.368. The van der Waals surface area contributed by atoms with Crippen LogP contribution >= 0.6 is 0 Å². The van der Waals surface area contributed by atoms with Gasteiger partial charge in [-0.2, -0.15) is 0 Å². The van der Waals surface area contributed by atoms with Gasteiger partial charge in [-0.05, 0) is 43.0 Å². The molecule has 1 atom stereocenters. The summed E-state index contributed by atoms with van der Waals surface area (Å²) in [6.45, 7) is 1.33. The van der Waals surface area contributed by atoms with Gasteiger partial charge in [-0.15, -0.1) is 0 Å².